The zero-order chi connectivity index (χ0) is 14.6. The highest BCUT2D eigenvalue weighted by Crippen LogP contribution is 2.21. The van der Waals surface area contributed by atoms with Crippen molar-refractivity contribution >= 4 is 27.1 Å². The molecular weight excluding hydrogens is 294 g/mol. The van der Waals surface area contributed by atoms with E-state index in [0.717, 1.165) is 5.69 Å². The van der Waals surface area contributed by atoms with Crippen LogP contribution in [-0.2, 0) is 9.84 Å². The normalized spacial score (nSPS) is 11.3. The molecule has 20 heavy (non-hydrogen) atoms. The molecule has 2 aromatic carbocycles. The zero-order valence-corrected chi connectivity index (χ0v) is 12.7. The number of hydrogen-bond acceptors (Lipinski definition) is 3. The zero-order valence-electron chi connectivity index (χ0n) is 11.1. The molecule has 0 amide bonds. The van der Waals surface area contributed by atoms with Gasteiger partial charge in [-0.3, -0.25) is 0 Å². The van der Waals surface area contributed by atoms with E-state index in [2.05, 4.69) is 5.32 Å². The highest BCUT2D eigenvalue weighted by atomic mass is 35.5. The molecule has 0 aliphatic carbocycles. The summed E-state index contributed by atoms with van der Waals surface area (Å²) in [6.45, 7) is 2.35. The second-order valence-electron chi connectivity index (χ2n) is 4.54. The molecule has 5 heteroatoms. The fourth-order valence-corrected chi connectivity index (χ4v) is 3.54. The maximum Gasteiger partial charge on any atom is 0.181 e. The van der Waals surface area contributed by atoms with Crippen LogP contribution in [0.3, 0.4) is 0 Å². The van der Waals surface area contributed by atoms with Crippen LogP contribution in [0.25, 0.3) is 0 Å². The Morgan fingerprint density at radius 2 is 1.70 bits per heavy atom. The Kier molecular flexibility index (Phi) is 4.68. The number of sulfone groups is 1. The topological polar surface area (TPSA) is 46.2 Å². The number of rotatable bonds is 5. The van der Waals surface area contributed by atoms with Gasteiger partial charge in [0.15, 0.2) is 9.84 Å². The van der Waals surface area contributed by atoms with Gasteiger partial charge in [-0.1, -0.05) is 41.4 Å². The van der Waals surface area contributed by atoms with E-state index < -0.39 is 9.84 Å². The molecule has 0 atom stereocenters. The van der Waals surface area contributed by atoms with Gasteiger partial charge in [-0.25, -0.2) is 8.42 Å². The third kappa shape index (κ3) is 3.74. The molecule has 1 N–H and O–H groups in total. The van der Waals surface area contributed by atoms with Crippen molar-refractivity contribution in [3.63, 3.8) is 0 Å². The summed E-state index contributed by atoms with van der Waals surface area (Å²) in [7, 11) is -3.36. The Morgan fingerprint density at radius 1 is 1.05 bits per heavy atom. The second kappa shape index (κ2) is 6.29. The van der Waals surface area contributed by atoms with Crippen LogP contribution in [0.2, 0.25) is 5.02 Å². The van der Waals surface area contributed by atoms with Crippen LogP contribution in [0.4, 0.5) is 5.69 Å². The lowest BCUT2D eigenvalue weighted by Gasteiger charge is -2.09. The van der Waals surface area contributed by atoms with E-state index in [1.807, 2.05) is 31.2 Å². The average Bonchev–Trinajstić information content (AvgIpc) is 2.41. The maximum absolute atomic E-state index is 12.2. The lowest BCUT2D eigenvalue weighted by molar-refractivity contribution is 0.596. The predicted octanol–water partition coefficient (Wildman–Crippen LogP) is 3.53. The smallest absolute Gasteiger partial charge is 0.181 e. The minimum absolute atomic E-state index is 0.00457. The molecule has 2 aromatic rings. The molecule has 0 aromatic heterocycles. The molecule has 0 bridgehead atoms. The van der Waals surface area contributed by atoms with Crippen molar-refractivity contribution in [2.75, 3.05) is 17.6 Å². The lowest BCUT2D eigenvalue weighted by atomic mass is 10.2. The number of anilines is 1. The summed E-state index contributed by atoms with van der Waals surface area (Å²) in [5.41, 5.74) is 2.07. The van der Waals surface area contributed by atoms with Crippen molar-refractivity contribution in [3.05, 3.63) is 59.1 Å². The van der Waals surface area contributed by atoms with Crippen molar-refractivity contribution in [3.8, 4) is 0 Å². The summed E-state index contributed by atoms with van der Waals surface area (Å²) in [5, 5.41) is 3.36. The van der Waals surface area contributed by atoms with Crippen molar-refractivity contribution in [1.29, 1.82) is 0 Å². The predicted molar refractivity (Wildman–Crippen MR) is 83.2 cm³/mol. The molecule has 0 aliphatic heterocycles. The van der Waals surface area contributed by atoms with Crippen molar-refractivity contribution in [2.45, 2.75) is 11.8 Å². The molecule has 0 heterocycles. The molecule has 0 unspecified atom stereocenters. The first kappa shape index (κ1) is 14.9. The van der Waals surface area contributed by atoms with Crippen LogP contribution in [0.5, 0.6) is 0 Å². The van der Waals surface area contributed by atoms with Crippen LogP contribution in [0, 0.1) is 6.92 Å². The Hall–Kier alpha value is -1.52. The summed E-state index contributed by atoms with van der Waals surface area (Å²) >= 11 is 5.92. The van der Waals surface area contributed by atoms with Gasteiger partial charge >= 0.3 is 0 Å². The van der Waals surface area contributed by atoms with E-state index in [0.29, 0.717) is 6.54 Å². The molecule has 2 rings (SSSR count). The number of aryl methyl sites for hydroxylation is 1. The quantitative estimate of drug-likeness (QED) is 0.919. The highest BCUT2D eigenvalue weighted by Gasteiger charge is 2.16. The Bertz CT molecular complexity index is 681. The summed E-state index contributed by atoms with van der Waals surface area (Å²) in [6.07, 6.45) is 0. The van der Waals surface area contributed by atoms with Gasteiger partial charge in [0.1, 0.15) is 0 Å². The second-order valence-corrected chi connectivity index (χ2v) is 7.03. The minimum atomic E-state index is -3.36. The first-order valence-corrected chi connectivity index (χ1v) is 8.30. The summed E-state index contributed by atoms with van der Waals surface area (Å²) in [6, 6.07) is 14.3. The fraction of sp³-hybridized carbons (Fsp3) is 0.200. The third-order valence-electron chi connectivity index (χ3n) is 2.92. The first-order chi connectivity index (χ1) is 9.49. The van der Waals surface area contributed by atoms with Gasteiger partial charge in [-0.15, -0.1) is 0 Å². The molecule has 0 aliphatic rings. The van der Waals surface area contributed by atoms with E-state index in [9.17, 15) is 8.42 Å². The standard InChI is InChI=1S/C15H16ClNO2S/c1-12-6-8-13(9-7-12)17-10-11-20(18,19)15-5-3-2-4-14(15)16/h2-9,17H,10-11H2,1H3. The Morgan fingerprint density at radius 3 is 2.35 bits per heavy atom. The lowest BCUT2D eigenvalue weighted by Crippen LogP contribution is -2.16. The summed E-state index contributed by atoms with van der Waals surface area (Å²) in [5.74, 6) is 0.00457. The first-order valence-electron chi connectivity index (χ1n) is 6.27. The van der Waals surface area contributed by atoms with Crippen LogP contribution in [-0.4, -0.2) is 20.7 Å². The fourth-order valence-electron chi connectivity index (χ4n) is 1.81. The van der Waals surface area contributed by atoms with Crippen LogP contribution < -0.4 is 5.32 Å². The summed E-state index contributed by atoms with van der Waals surface area (Å²) < 4.78 is 24.3. The van der Waals surface area contributed by atoms with E-state index in [1.165, 1.54) is 11.6 Å². The largest absolute Gasteiger partial charge is 0.384 e. The average molecular weight is 310 g/mol. The number of halogens is 1. The van der Waals surface area contributed by atoms with Crippen LogP contribution in [0.15, 0.2) is 53.4 Å². The van der Waals surface area contributed by atoms with Crippen molar-refractivity contribution in [2.24, 2.45) is 0 Å². The van der Waals surface area contributed by atoms with Gasteiger partial charge in [0, 0.05) is 12.2 Å². The molecule has 0 radical (unpaired) electrons. The van der Waals surface area contributed by atoms with Gasteiger partial charge < -0.3 is 5.32 Å². The molecule has 3 nitrogen and oxygen atoms in total. The molecule has 0 saturated heterocycles. The van der Waals surface area contributed by atoms with E-state index in [-0.39, 0.29) is 15.7 Å². The van der Waals surface area contributed by atoms with Crippen LogP contribution >= 0.6 is 11.6 Å². The van der Waals surface area contributed by atoms with Gasteiger partial charge in [0.2, 0.25) is 0 Å². The van der Waals surface area contributed by atoms with Gasteiger partial charge in [-0.2, -0.15) is 0 Å². The van der Waals surface area contributed by atoms with E-state index >= 15 is 0 Å². The van der Waals surface area contributed by atoms with Crippen molar-refractivity contribution in [1.82, 2.24) is 0 Å². The van der Waals surface area contributed by atoms with Gasteiger partial charge in [0.25, 0.3) is 0 Å². The number of hydrogen-bond donors (Lipinski definition) is 1. The Labute approximate surface area is 124 Å². The molecular formula is C15H16ClNO2S. The molecule has 0 saturated carbocycles. The minimum Gasteiger partial charge on any atom is -0.384 e. The molecule has 0 spiro atoms. The monoisotopic (exact) mass is 309 g/mol. The van der Waals surface area contributed by atoms with Crippen molar-refractivity contribution < 1.29 is 8.42 Å². The van der Waals surface area contributed by atoms with E-state index in [1.54, 1.807) is 18.2 Å². The maximum atomic E-state index is 12.2. The van der Waals surface area contributed by atoms with E-state index in [4.69, 9.17) is 11.6 Å². The SMILES string of the molecule is Cc1ccc(NCCS(=O)(=O)c2ccccc2Cl)cc1. The highest BCUT2D eigenvalue weighted by molar-refractivity contribution is 7.91. The third-order valence-corrected chi connectivity index (χ3v) is 5.13. The van der Waals surface area contributed by atoms with Gasteiger partial charge in [-0.05, 0) is 31.2 Å². The van der Waals surface area contributed by atoms with Crippen LogP contribution in [0.1, 0.15) is 5.56 Å². The molecule has 106 valence electrons. The molecule has 0 fully saturated rings. The number of nitrogens with one attached hydrogen (secondary N) is 1. The summed E-state index contributed by atoms with van der Waals surface area (Å²) in [4.78, 5) is 0.187. The number of benzene rings is 2. The Balaban J connectivity index is 2.00. The van der Waals surface area contributed by atoms with Gasteiger partial charge in [0.05, 0.1) is 15.7 Å².